The van der Waals surface area contributed by atoms with Crippen LogP contribution in [-0.2, 0) is 0 Å². The van der Waals surface area contributed by atoms with Crippen LogP contribution in [-0.4, -0.2) is 5.91 Å². The van der Waals surface area contributed by atoms with Crippen molar-refractivity contribution in [3.63, 3.8) is 0 Å². The Morgan fingerprint density at radius 1 is 1.10 bits per heavy atom. The van der Waals surface area contributed by atoms with E-state index in [4.69, 9.17) is 0 Å². The van der Waals surface area contributed by atoms with Crippen LogP contribution >= 0.6 is 15.9 Å². The molecule has 2 rings (SSSR count). The van der Waals surface area contributed by atoms with Gasteiger partial charge in [-0.1, -0.05) is 15.9 Å². The van der Waals surface area contributed by atoms with Gasteiger partial charge in [-0.3, -0.25) is 4.79 Å². The average Bonchev–Trinajstić information content (AvgIpc) is 2.39. The molecule has 0 aliphatic rings. The Hall–Kier alpha value is -1.82. The van der Waals surface area contributed by atoms with Crippen molar-refractivity contribution in [1.82, 2.24) is 0 Å². The summed E-state index contributed by atoms with van der Waals surface area (Å²) < 4.78 is 39.7. The Morgan fingerprint density at radius 2 is 1.70 bits per heavy atom. The first-order valence-electron chi connectivity index (χ1n) is 5.60. The van der Waals surface area contributed by atoms with E-state index in [2.05, 4.69) is 21.2 Å². The molecule has 1 amide bonds. The summed E-state index contributed by atoms with van der Waals surface area (Å²) in [7, 11) is 0. The van der Waals surface area contributed by atoms with Crippen LogP contribution in [0.15, 0.2) is 34.8 Å². The quantitative estimate of drug-likeness (QED) is 0.803. The predicted molar refractivity (Wildman–Crippen MR) is 73.1 cm³/mol. The second-order valence-electron chi connectivity index (χ2n) is 4.17. The van der Waals surface area contributed by atoms with Crippen molar-refractivity contribution < 1.29 is 18.0 Å². The number of rotatable bonds is 2. The third kappa shape index (κ3) is 3.01. The molecule has 0 aromatic heterocycles. The van der Waals surface area contributed by atoms with Crippen molar-refractivity contribution in [3.05, 3.63) is 63.4 Å². The second kappa shape index (κ2) is 5.66. The van der Waals surface area contributed by atoms with Gasteiger partial charge in [0.1, 0.15) is 0 Å². The first kappa shape index (κ1) is 14.6. The molecule has 2 nitrogen and oxygen atoms in total. The van der Waals surface area contributed by atoms with Gasteiger partial charge in [-0.15, -0.1) is 0 Å². The largest absolute Gasteiger partial charge is 0.322 e. The van der Waals surface area contributed by atoms with Crippen molar-refractivity contribution in [3.8, 4) is 0 Å². The van der Waals surface area contributed by atoms with E-state index in [1.165, 1.54) is 0 Å². The molecular formula is C14H9BrF3NO. The SMILES string of the molecule is Cc1cc(C(=O)Nc2cc(F)c(F)c(F)c2)ccc1Br. The summed E-state index contributed by atoms with van der Waals surface area (Å²) in [6.45, 7) is 1.80. The van der Waals surface area contributed by atoms with Gasteiger partial charge in [0.25, 0.3) is 5.91 Å². The molecule has 0 radical (unpaired) electrons. The molecule has 104 valence electrons. The lowest BCUT2D eigenvalue weighted by molar-refractivity contribution is 0.102. The smallest absolute Gasteiger partial charge is 0.255 e. The van der Waals surface area contributed by atoms with Gasteiger partial charge in [0.2, 0.25) is 0 Å². The van der Waals surface area contributed by atoms with Gasteiger partial charge in [0.15, 0.2) is 17.5 Å². The van der Waals surface area contributed by atoms with Crippen molar-refractivity contribution in [1.29, 1.82) is 0 Å². The molecule has 0 heterocycles. The normalized spacial score (nSPS) is 10.4. The van der Waals surface area contributed by atoms with Crippen molar-refractivity contribution in [2.24, 2.45) is 0 Å². The zero-order valence-corrected chi connectivity index (χ0v) is 11.9. The summed E-state index contributed by atoms with van der Waals surface area (Å²) in [6, 6.07) is 6.32. The van der Waals surface area contributed by atoms with E-state index in [-0.39, 0.29) is 5.69 Å². The number of benzene rings is 2. The molecule has 0 fully saturated rings. The number of hydrogen-bond donors (Lipinski definition) is 1. The topological polar surface area (TPSA) is 29.1 Å². The minimum Gasteiger partial charge on any atom is -0.322 e. The van der Waals surface area contributed by atoms with E-state index >= 15 is 0 Å². The highest BCUT2D eigenvalue weighted by atomic mass is 79.9. The van der Waals surface area contributed by atoms with Crippen LogP contribution in [0.1, 0.15) is 15.9 Å². The molecule has 0 bridgehead atoms. The lowest BCUT2D eigenvalue weighted by atomic mass is 10.1. The predicted octanol–water partition coefficient (Wildman–Crippen LogP) is 4.43. The summed E-state index contributed by atoms with van der Waals surface area (Å²) in [5, 5.41) is 2.31. The third-order valence-electron chi connectivity index (χ3n) is 2.66. The van der Waals surface area contributed by atoms with E-state index in [1.807, 2.05) is 0 Å². The maximum absolute atomic E-state index is 13.0. The Morgan fingerprint density at radius 3 is 2.25 bits per heavy atom. The Balaban J connectivity index is 2.25. The summed E-state index contributed by atoms with van der Waals surface area (Å²) in [5.74, 6) is -4.81. The van der Waals surface area contributed by atoms with E-state index < -0.39 is 23.4 Å². The van der Waals surface area contributed by atoms with E-state index in [0.29, 0.717) is 5.56 Å². The van der Waals surface area contributed by atoms with Crippen LogP contribution in [0.25, 0.3) is 0 Å². The van der Waals surface area contributed by atoms with E-state index in [0.717, 1.165) is 22.2 Å². The van der Waals surface area contributed by atoms with Crippen LogP contribution in [0.5, 0.6) is 0 Å². The summed E-state index contributed by atoms with van der Waals surface area (Å²) in [6.07, 6.45) is 0. The fourth-order valence-corrected chi connectivity index (χ4v) is 1.86. The molecule has 0 unspecified atom stereocenters. The van der Waals surface area contributed by atoms with Crippen LogP contribution < -0.4 is 5.32 Å². The Kier molecular flexibility index (Phi) is 4.13. The average molecular weight is 344 g/mol. The van der Waals surface area contributed by atoms with Gasteiger partial charge in [-0.05, 0) is 30.7 Å². The molecule has 0 aliphatic heterocycles. The summed E-state index contributed by atoms with van der Waals surface area (Å²) in [5.41, 5.74) is 1.02. The van der Waals surface area contributed by atoms with Gasteiger partial charge >= 0.3 is 0 Å². The first-order valence-corrected chi connectivity index (χ1v) is 6.40. The second-order valence-corrected chi connectivity index (χ2v) is 5.03. The molecule has 20 heavy (non-hydrogen) atoms. The minimum absolute atomic E-state index is 0.146. The monoisotopic (exact) mass is 343 g/mol. The maximum Gasteiger partial charge on any atom is 0.255 e. The summed E-state index contributed by atoms with van der Waals surface area (Å²) >= 11 is 3.30. The number of nitrogens with one attached hydrogen (secondary N) is 1. The standard InChI is InChI=1S/C14H9BrF3NO/c1-7-4-8(2-3-10(7)15)14(20)19-9-5-11(16)13(18)12(17)6-9/h2-6H,1H3,(H,19,20). The molecule has 2 aromatic carbocycles. The fourth-order valence-electron chi connectivity index (χ4n) is 1.62. The zero-order chi connectivity index (χ0) is 14.9. The van der Waals surface area contributed by atoms with Gasteiger partial charge in [0.05, 0.1) is 0 Å². The molecule has 0 aliphatic carbocycles. The van der Waals surface area contributed by atoms with E-state index in [1.54, 1.807) is 25.1 Å². The highest BCUT2D eigenvalue weighted by Crippen LogP contribution is 2.20. The van der Waals surface area contributed by atoms with Crippen molar-refractivity contribution in [2.45, 2.75) is 6.92 Å². The number of carbonyl (C=O) groups excluding carboxylic acids is 1. The lowest BCUT2D eigenvalue weighted by Crippen LogP contribution is -2.12. The molecule has 0 atom stereocenters. The minimum atomic E-state index is -1.57. The molecule has 1 N–H and O–H groups in total. The first-order chi connectivity index (χ1) is 9.38. The zero-order valence-electron chi connectivity index (χ0n) is 10.3. The molecule has 6 heteroatoms. The molecule has 0 saturated heterocycles. The highest BCUT2D eigenvalue weighted by Gasteiger charge is 2.13. The van der Waals surface area contributed by atoms with Gasteiger partial charge in [-0.25, -0.2) is 13.2 Å². The molecule has 2 aromatic rings. The van der Waals surface area contributed by atoms with Crippen LogP contribution in [0.4, 0.5) is 18.9 Å². The third-order valence-corrected chi connectivity index (χ3v) is 3.55. The number of amides is 1. The number of halogens is 4. The number of aryl methyl sites for hydroxylation is 1. The van der Waals surface area contributed by atoms with Crippen molar-refractivity contribution in [2.75, 3.05) is 5.32 Å². The number of hydrogen-bond acceptors (Lipinski definition) is 1. The van der Waals surface area contributed by atoms with Gasteiger partial charge < -0.3 is 5.32 Å². The fraction of sp³-hybridized carbons (Fsp3) is 0.0714. The van der Waals surface area contributed by atoms with Gasteiger partial charge in [0, 0.05) is 27.9 Å². The Labute approximate surface area is 121 Å². The van der Waals surface area contributed by atoms with Crippen LogP contribution in [0, 0.1) is 24.4 Å². The van der Waals surface area contributed by atoms with Crippen LogP contribution in [0.3, 0.4) is 0 Å². The Bertz CT molecular complexity index is 665. The molecular weight excluding hydrogens is 335 g/mol. The van der Waals surface area contributed by atoms with Crippen molar-refractivity contribution >= 4 is 27.5 Å². The molecule has 0 spiro atoms. The number of anilines is 1. The molecule has 0 saturated carbocycles. The van der Waals surface area contributed by atoms with E-state index in [9.17, 15) is 18.0 Å². The lowest BCUT2D eigenvalue weighted by Gasteiger charge is -2.07. The van der Waals surface area contributed by atoms with Crippen LogP contribution in [0.2, 0.25) is 0 Å². The van der Waals surface area contributed by atoms with Gasteiger partial charge in [-0.2, -0.15) is 0 Å². The maximum atomic E-state index is 13.0. The summed E-state index contributed by atoms with van der Waals surface area (Å²) in [4.78, 5) is 11.9. The number of carbonyl (C=O) groups is 1. The highest BCUT2D eigenvalue weighted by molar-refractivity contribution is 9.10.